The number of nitrogens with one attached hydrogen (secondary N) is 1. The third-order valence-corrected chi connectivity index (χ3v) is 7.80. The molecule has 42 heavy (non-hydrogen) atoms. The van der Waals surface area contributed by atoms with Crippen molar-refractivity contribution >= 4 is 33.4 Å². The fourth-order valence-electron chi connectivity index (χ4n) is 5.49. The smallest absolute Gasteiger partial charge is 0.310 e. The number of aryl methyl sites for hydroxylation is 2. The Kier molecular flexibility index (Phi) is 7.28. The molecular weight excluding hydrogens is 520 g/mol. The lowest BCUT2D eigenvalue weighted by Crippen LogP contribution is -2.39. The Hall–Kier alpha value is -5.23. The van der Waals surface area contributed by atoms with Crippen LogP contribution in [0.2, 0.25) is 0 Å². The number of carbonyl (C=O) groups excluding carboxylic acids is 1. The predicted octanol–water partition coefficient (Wildman–Crippen LogP) is 7.95. The number of rotatable bonds is 6. The van der Waals surface area contributed by atoms with Crippen molar-refractivity contribution in [3.05, 3.63) is 148 Å². The molecular formula is C36H32N4O2. The number of amides is 2. The number of para-hydroxylation sites is 2. The highest BCUT2D eigenvalue weighted by molar-refractivity contribution is 5.91. The van der Waals surface area contributed by atoms with Crippen LogP contribution in [0.4, 0.5) is 10.5 Å². The van der Waals surface area contributed by atoms with Crippen LogP contribution in [0.3, 0.4) is 0 Å². The van der Waals surface area contributed by atoms with E-state index >= 15 is 0 Å². The van der Waals surface area contributed by atoms with Crippen molar-refractivity contribution < 1.29 is 4.79 Å². The fourth-order valence-corrected chi connectivity index (χ4v) is 5.49. The zero-order chi connectivity index (χ0) is 29.2. The molecule has 208 valence electrons. The van der Waals surface area contributed by atoms with Crippen LogP contribution >= 0.6 is 0 Å². The normalized spacial score (nSPS) is 11.9. The highest BCUT2D eigenvalue weighted by Gasteiger charge is 2.28. The van der Waals surface area contributed by atoms with Crippen molar-refractivity contribution in [2.24, 2.45) is 0 Å². The molecule has 0 aliphatic rings. The molecule has 2 amide bonds. The molecule has 6 nitrogen and oxygen atoms in total. The number of nitrogens with zero attached hydrogens (tertiary/aromatic N) is 3. The minimum absolute atomic E-state index is 0.174. The van der Waals surface area contributed by atoms with Gasteiger partial charge in [-0.1, -0.05) is 91.0 Å². The number of hydrogen-bond acceptors (Lipinski definition) is 3. The molecule has 0 fully saturated rings. The van der Waals surface area contributed by atoms with Gasteiger partial charge in [-0.2, -0.15) is 0 Å². The Morgan fingerprint density at radius 2 is 1.48 bits per heavy atom. The van der Waals surface area contributed by atoms with Crippen LogP contribution in [-0.2, 0) is 6.54 Å². The molecule has 5 aromatic carbocycles. The van der Waals surface area contributed by atoms with Crippen molar-refractivity contribution in [2.45, 2.75) is 33.4 Å². The monoisotopic (exact) mass is 552 g/mol. The summed E-state index contributed by atoms with van der Waals surface area (Å²) in [7, 11) is 0. The van der Waals surface area contributed by atoms with E-state index in [0.717, 1.165) is 33.2 Å². The molecule has 0 spiro atoms. The largest absolute Gasteiger partial charge is 0.322 e. The van der Waals surface area contributed by atoms with E-state index in [9.17, 15) is 9.59 Å². The van der Waals surface area contributed by atoms with E-state index in [1.165, 1.54) is 0 Å². The number of aromatic nitrogens is 2. The summed E-state index contributed by atoms with van der Waals surface area (Å²) in [5, 5.41) is 5.78. The zero-order valence-corrected chi connectivity index (χ0v) is 23.9. The van der Waals surface area contributed by atoms with Gasteiger partial charge in [-0.3, -0.25) is 9.36 Å². The topological polar surface area (TPSA) is 67.2 Å². The first-order chi connectivity index (χ1) is 20.4. The van der Waals surface area contributed by atoms with E-state index in [2.05, 4.69) is 5.32 Å². The lowest BCUT2D eigenvalue weighted by molar-refractivity contribution is 0.185. The molecule has 1 heterocycles. The molecule has 0 saturated carbocycles. The van der Waals surface area contributed by atoms with E-state index in [0.29, 0.717) is 29.0 Å². The standard InChI is InChI=1S/C36H32N4O2/c1-24-12-11-13-25(2)33(24)38-36(42)39(23-27-14-5-4-6-15-27)26(3)34-37-32-19-10-9-18-31(32)35(41)40(34)30-21-20-28-16-7-8-17-29(28)22-30/h4-22,26H,23H2,1-3H3,(H,38,42). The molecule has 6 heteroatoms. The first-order valence-corrected chi connectivity index (χ1v) is 14.1. The summed E-state index contributed by atoms with van der Waals surface area (Å²) >= 11 is 0. The first-order valence-electron chi connectivity index (χ1n) is 14.1. The summed E-state index contributed by atoms with van der Waals surface area (Å²) in [5.41, 5.74) is 4.84. The van der Waals surface area contributed by atoms with Gasteiger partial charge in [0.2, 0.25) is 0 Å². The molecule has 1 aromatic heterocycles. The fraction of sp³-hybridized carbons (Fsp3) is 0.139. The van der Waals surface area contributed by atoms with Crippen molar-refractivity contribution in [3.63, 3.8) is 0 Å². The van der Waals surface area contributed by atoms with Gasteiger partial charge in [-0.25, -0.2) is 9.78 Å². The van der Waals surface area contributed by atoms with Crippen LogP contribution in [-0.4, -0.2) is 20.5 Å². The number of hydrogen-bond donors (Lipinski definition) is 1. The van der Waals surface area contributed by atoms with Gasteiger partial charge in [0.1, 0.15) is 5.82 Å². The second-order valence-electron chi connectivity index (χ2n) is 10.6. The SMILES string of the molecule is Cc1cccc(C)c1NC(=O)N(Cc1ccccc1)C(C)c1nc2ccccc2c(=O)n1-c1ccc2ccccc2c1. The minimum Gasteiger partial charge on any atom is -0.310 e. The molecule has 0 aliphatic heterocycles. The number of urea groups is 1. The van der Waals surface area contributed by atoms with Gasteiger partial charge < -0.3 is 10.2 Å². The second-order valence-corrected chi connectivity index (χ2v) is 10.6. The number of benzene rings is 5. The maximum atomic E-state index is 14.1. The maximum absolute atomic E-state index is 14.1. The predicted molar refractivity (Wildman–Crippen MR) is 170 cm³/mol. The van der Waals surface area contributed by atoms with E-state index in [1.807, 2.05) is 130 Å². The maximum Gasteiger partial charge on any atom is 0.322 e. The Morgan fingerprint density at radius 1 is 0.810 bits per heavy atom. The van der Waals surface area contributed by atoms with Crippen LogP contribution in [0.1, 0.15) is 35.5 Å². The molecule has 0 bridgehead atoms. The Morgan fingerprint density at radius 3 is 2.24 bits per heavy atom. The third kappa shape index (κ3) is 5.15. The first kappa shape index (κ1) is 27.0. The van der Waals surface area contributed by atoms with Crippen LogP contribution in [0.25, 0.3) is 27.4 Å². The van der Waals surface area contributed by atoms with E-state index in [1.54, 1.807) is 15.5 Å². The van der Waals surface area contributed by atoms with Gasteiger partial charge in [-0.15, -0.1) is 0 Å². The molecule has 0 radical (unpaired) electrons. The third-order valence-electron chi connectivity index (χ3n) is 7.80. The Labute approximate surface area is 244 Å². The quantitative estimate of drug-likeness (QED) is 0.228. The number of anilines is 1. The molecule has 6 aromatic rings. The van der Waals surface area contributed by atoms with Gasteiger partial charge in [0, 0.05) is 12.2 Å². The molecule has 1 N–H and O–H groups in total. The van der Waals surface area contributed by atoms with E-state index in [4.69, 9.17) is 4.98 Å². The van der Waals surface area contributed by atoms with Gasteiger partial charge >= 0.3 is 6.03 Å². The summed E-state index contributed by atoms with van der Waals surface area (Å²) in [5.74, 6) is 0.488. The van der Waals surface area contributed by atoms with E-state index < -0.39 is 6.04 Å². The zero-order valence-electron chi connectivity index (χ0n) is 23.9. The van der Waals surface area contributed by atoms with Gasteiger partial charge in [0.25, 0.3) is 5.56 Å². The molecule has 0 aliphatic carbocycles. The van der Waals surface area contributed by atoms with Gasteiger partial charge in [0.05, 0.1) is 22.6 Å². The molecule has 1 atom stereocenters. The average molecular weight is 553 g/mol. The van der Waals surface area contributed by atoms with Gasteiger partial charge in [0.15, 0.2) is 0 Å². The van der Waals surface area contributed by atoms with Crippen molar-refractivity contribution in [1.82, 2.24) is 14.5 Å². The number of carbonyl (C=O) groups is 1. The second kappa shape index (κ2) is 11.3. The van der Waals surface area contributed by atoms with Crippen molar-refractivity contribution in [1.29, 1.82) is 0 Å². The van der Waals surface area contributed by atoms with Crippen molar-refractivity contribution in [2.75, 3.05) is 5.32 Å². The average Bonchev–Trinajstić information content (AvgIpc) is 3.01. The lowest BCUT2D eigenvalue weighted by Gasteiger charge is -2.31. The summed E-state index contributed by atoms with van der Waals surface area (Å²) in [6.45, 7) is 6.23. The summed E-state index contributed by atoms with van der Waals surface area (Å²) < 4.78 is 1.66. The van der Waals surface area contributed by atoms with Crippen LogP contribution in [0.15, 0.2) is 120 Å². The lowest BCUT2D eigenvalue weighted by atomic mass is 10.1. The minimum atomic E-state index is -0.557. The molecule has 0 saturated heterocycles. The van der Waals surface area contributed by atoms with Crippen LogP contribution in [0.5, 0.6) is 0 Å². The number of fused-ring (bicyclic) bond motifs is 2. The highest BCUT2D eigenvalue weighted by Crippen LogP contribution is 2.28. The van der Waals surface area contributed by atoms with Gasteiger partial charge in [-0.05, 0) is 72.5 Å². The van der Waals surface area contributed by atoms with E-state index in [-0.39, 0.29) is 11.6 Å². The summed E-state index contributed by atoms with van der Waals surface area (Å²) in [6.07, 6.45) is 0. The Bertz CT molecular complexity index is 1960. The summed E-state index contributed by atoms with van der Waals surface area (Å²) in [6, 6.07) is 36.3. The van der Waals surface area contributed by atoms with Crippen molar-refractivity contribution in [3.8, 4) is 5.69 Å². The Balaban J connectivity index is 1.52. The molecule has 1 unspecified atom stereocenters. The summed E-state index contributed by atoms with van der Waals surface area (Å²) in [4.78, 5) is 35.0. The highest BCUT2D eigenvalue weighted by atomic mass is 16.2. The molecule has 6 rings (SSSR count). The van der Waals surface area contributed by atoms with Crippen LogP contribution in [0, 0.1) is 13.8 Å². The van der Waals surface area contributed by atoms with Crippen LogP contribution < -0.4 is 10.9 Å².